The topological polar surface area (TPSA) is 76.1 Å². The smallest absolute Gasteiger partial charge is 0.144 e. The van der Waals surface area contributed by atoms with Gasteiger partial charge >= 0.3 is 0 Å². The van der Waals surface area contributed by atoms with E-state index in [0.717, 1.165) is 39.2 Å². The molecule has 0 unspecified atom stereocenters. The van der Waals surface area contributed by atoms with Gasteiger partial charge in [0.2, 0.25) is 0 Å². The molecule has 4 rings (SSSR count). The molecule has 27 heavy (non-hydrogen) atoms. The fourth-order valence-electron chi connectivity index (χ4n) is 3.54. The first-order valence-electron chi connectivity index (χ1n) is 8.85. The molecule has 6 nitrogen and oxygen atoms in total. The van der Waals surface area contributed by atoms with E-state index < -0.39 is 6.10 Å². The Morgan fingerprint density at radius 3 is 2.44 bits per heavy atom. The van der Waals surface area contributed by atoms with Crippen LogP contribution >= 0.6 is 0 Å². The number of aromatic hydroxyl groups is 1. The molecule has 0 aliphatic carbocycles. The first-order chi connectivity index (χ1) is 12.9. The van der Waals surface area contributed by atoms with Crippen molar-refractivity contribution in [2.45, 2.75) is 26.9 Å². The van der Waals surface area contributed by atoms with Crippen LogP contribution in [0.4, 0.5) is 0 Å². The van der Waals surface area contributed by atoms with Crippen LogP contribution in [0.25, 0.3) is 28.1 Å². The van der Waals surface area contributed by atoms with Gasteiger partial charge in [-0.25, -0.2) is 9.97 Å². The van der Waals surface area contributed by atoms with Gasteiger partial charge in [-0.05, 0) is 62.2 Å². The summed E-state index contributed by atoms with van der Waals surface area (Å²) in [6.45, 7) is 5.48. The molecule has 0 fully saturated rings. The van der Waals surface area contributed by atoms with Gasteiger partial charge in [0, 0.05) is 30.7 Å². The quantitative estimate of drug-likeness (QED) is 0.581. The predicted molar refractivity (Wildman–Crippen MR) is 105 cm³/mol. The molecular formula is C21H22N4O2. The molecule has 138 valence electrons. The number of aliphatic hydroxyl groups is 1. The molecule has 6 heteroatoms. The van der Waals surface area contributed by atoms with Crippen LogP contribution in [0.2, 0.25) is 0 Å². The number of hydrogen-bond donors (Lipinski definition) is 2. The molecule has 2 aromatic heterocycles. The highest BCUT2D eigenvalue weighted by molar-refractivity contribution is 5.79. The number of aromatic nitrogens is 4. The van der Waals surface area contributed by atoms with E-state index in [9.17, 15) is 10.2 Å². The second-order valence-electron chi connectivity index (χ2n) is 6.96. The van der Waals surface area contributed by atoms with Crippen LogP contribution in [0.1, 0.15) is 30.0 Å². The maximum Gasteiger partial charge on any atom is 0.144 e. The lowest BCUT2D eigenvalue weighted by Gasteiger charge is -2.11. The van der Waals surface area contributed by atoms with Gasteiger partial charge < -0.3 is 14.8 Å². The molecule has 2 N–H and O–H groups in total. The number of aryl methyl sites for hydroxylation is 3. The van der Waals surface area contributed by atoms with Gasteiger partial charge in [-0.3, -0.25) is 4.57 Å². The zero-order valence-corrected chi connectivity index (χ0v) is 15.8. The molecule has 0 aliphatic rings. The van der Waals surface area contributed by atoms with E-state index in [-0.39, 0.29) is 0 Å². The maximum absolute atomic E-state index is 10.0. The van der Waals surface area contributed by atoms with Crippen molar-refractivity contribution in [3.63, 3.8) is 0 Å². The van der Waals surface area contributed by atoms with E-state index in [1.165, 1.54) is 0 Å². The summed E-state index contributed by atoms with van der Waals surface area (Å²) in [7, 11) is 1.90. The lowest BCUT2D eigenvalue weighted by atomic mass is 10.1. The first kappa shape index (κ1) is 17.3. The number of phenolic OH excluding ortho intramolecular Hbond substituents is 1. The number of benzene rings is 2. The highest BCUT2D eigenvalue weighted by Gasteiger charge is 2.15. The number of rotatable bonds is 3. The van der Waals surface area contributed by atoms with Gasteiger partial charge in [-0.15, -0.1) is 0 Å². The average Bonchev–Trinajstić information content (AvgIpc) is 3.24. The van der Waals surface area contributed by atoms with Crippen molar-refractivity contribution in [1.29, 1.82) is 0 Å². The summed E-state index contributed by atoms with van der Waals surface area (Å²) in [5.41, 5.74) is 5.31. The van der Waals surface area contributed by atoms with Crippen LogP contribution in [0, 0.1) is 13.8 Å². The summed E-state index contributed by atoms with van der Waals surface area (Å²) in [5, 5.41) is 20.0. The van der Waals surface area contributed by atoms with Crippen LogP contribution in [0.15, 0.2) is 42.7 Å². The van der Waals surface area contributed by atoms with Crippen LogP contribution in [0.3, 0.4) is 0 Å². The third-order valence-electron chi connectivity index (χ3n) is 4.94. The van der Waals surface area contributed by atoms with E-state index >= 15 is 0 Å². The van der Waals surface area contributed by atoms with Gasteiger partial charge in [-0.2, -0.15) is 0 Å². The lowest BCUT2D eigenvalue weighted by Crippen LogP contribution is -2.01. The number of fused-ring (bicyclic) bond motifs is 1. The van der Waals surface area contributed by atoms with E-state index in [4.69, 9.17) is 0 Å². The second kappa shape index (κ2) is 6.25. The predicted octanol–water partition coefficient (Wildman–Crippen LogP) is 3.80. The Bertz CT molecular complexity index is 1130. The highest BCUT2D eigenvalue weighted by atomic mass is 16.3. The zero-order valence-electron chi connectivity index (χ0n) is 15.8. The van der Waals surface area contributed by atoms with Gasteiger partial charge in [0.05, 0.1) is 11.0 Å². The van der Waals surface area contributed by atoms with Crippen molar-refractivity contribution in [2.24, 2.45) is 7.05 Å². The normalized spacial score (nSPS) is 12.6. The van der Waals surface area contributed by atoms with Crippen molar-refractivity contribution in [1.82, 2.24) is 19.1 Å². The number of hydrogen-bond acceptors (Lipinski definition) is 4. The second-order valence-corrected chi connectivity index (χ2v) is 6.96. The molecule has 0 bridgehead atoms. The minimum atomic E-state index is -0.627. The summed E-state index contributed by atoms with van der Waals surface area (Å²) >= 11 is 0. The van der Waals surface area contributed by atoms with Gasteiger partial charge in [0.1, 0.15) is 23.5 Å². The minimum Gasteiger partial charge on any atom is -0.507 e. The van der Waals surface area contributed by atoms with Crippen molar-refractivity contribution >= 4 is 11.0 Å². The van der Waals surface area contributed by atoms with Crippen molar-refractivity contribution < 1.29 is 10.2 Å². The number of nitrogens with zero attached hydrogens (tertiary/aromatic N) is 4. The molecule has 1 atom stereocenters. The Kier molecular flexibility index (Phi) is 4.00. The first-order valence-corrected chi connectivity index (χ1v) is 8.85. The average molecular weight is 362 g/mol. The molecule has 4 aromatic rings. The van der Waals surface area contributed by atoms with Crippen LogP contribution in [-0.2, 0) is 7.05 Å². The molecule has 2 aromatic carbocycles. The van der Waals surface area contributed by atoms with Crippen LogP contribution in [0.5, 0.6) is 5.75 Å². The maximum atomic E-state index is 10.0. The largest absolute Gasteiger partial charge is 0.507 e. The summed E-state index contributed by atoms with van der Waals surface area (Å²) in [6, 6.07) is 9.88. The Balaban J connectivity index is 1.85. The molecule has 2 heterocycles. The standard InChI is InChI=1S/C21H22N4O2/c1-12-9-15(10-13(2)19(12)27)21-22-7-8-25(21)16-5-6-18-17(11-16)23-20(14(3)26)24(18)4/h5-11,14,26-27H,1-4H3/t14-/m0/s1. The summed E-state index contributed by atoms with van der Waals surface area (Å²) < 4.78 is 3.91. The summed E-state index contributed by atoms with van der Waals surface area (Å²) in [4.78, 5) is 9.09. The number of aliphatic hydroxyl groups excluding tert-OH is 1. The SMILES string of the molecule is Cc1cc(-c2nccn2-c2ccc3c(c2)nc([C@H](C)O)n3C)cc(C)c1O. The summed E-state index contributed by atoms with van der Waals surface area (Å²) in [5.74, 6) is 1.75. The van der Waals surface area contributed by atoms with Crippen LogP contribution < -0.4 is 0 Å². The molecule has 0 saturated carbocycles. The van der Waals surface area contributed by atoms with Crippen LogP contribution in [-0.4, -0.2) is 29.3 Å². The fraction of sp³-hybridized carbons (Fsp3) is 0.238. The molecule has 0 spiro atoms. The third-order valence-corrected chi connectivity index (χ3v) is 4.94. The lowest BCUT2D eigenvalue weighted by molar-refractivity contribution is 0.186. The Morgan fingerprint density at radius 1 is 1.07 bits per heavy atom. The number of phenols is 1. The van der Waals surface area contributed by atoms with Crippen molar-refractivity contribution in [2.75, 3.05) is 0 Å². The third kappa shape index (κ3) is 2.78. The van der Waals surface area contributed by atoms with E-state index in [0.29, 0.717) is 11.6 Å². The number of imidazole rings is 2. The zero-order chi connectivity index (χ0) is 19.3. The summed E-state index contributed by atoms with van der Waals surface area (Å²) in [6.07, 6.45) is 3.04. The molecule has 0 saturated heterocycles. The fourth-order valence-corrected chi connectivity index (χ4v) is 3.54. The highest BCUT2D eigenvalue weighted by Crippen LogP contribution is 2.30. The van der Waals surface area contributed by atoms with Gasteiger partial charge in [0.25, 0.3) is 0 Å². The van der Waals surface area contributed by atoms with Gasteiger partial charge in [0.15, 0.2) is 0 Å². The molecule has 0 radical (unpaired) electrons. The van der Waals surface area contributed by atoms with Crippen molar-refractivity contribution in [3.8, 4) is 22.8 Å². The Labute approximate surface area is 157 Å². The Morgan fingerprint density at radius 2 is 1.78 bits per heavy atom. The van der Waals surface area contributed by atoms with Gasteiger partial charge in [-0.1, -0.05) is 0 Å². The Hall–Kier alpha value is -3.12. The van der Waals surface area contributed by atoms with Crippen molar-refractivity contribution in [3.05, 3.63) is 59.7 Å². The van der Waals surface area contributed by atoms with E-state index in [1.807, 2.05) is 66.6 Å². The monoisotopic (exact) mass is 362 g/mol. The molecule has 0 aliphatic heterocycles. The minimum absolute atomic E-state index is 0.317. The molecule has 0 amide bonds. The van der Waals surface area contributed by atoms with E-state index in [1.54, 1.807) is 13.1 Å². The molecular weight excluding hydrogens is 340 g/mol. The van der Waals surface area contributed by atoms with E-state index in [2.05, 4.69) is 9.97 Å².